The van der Waals surface area contributed by atoms with Gasteiger partial charge in [0.1, 0.15) is 11.8 Å². The van der Waals surface area contributed by atoms with E-state index in [4.69, 9.17) is 4.74 Å². The minimum absolute atomic E-state index is 0.235. The van der Waals surface area contributed by atoms with Crippen LogP contribution < -0.4 is 20.7 Å². The number of amides is 2. The van der Waals surface area contributed by atoms with Crippen LogP contribution in [-0.2, 0) is 11.2 Å². The van der Waals surface area contributed by atoms with Crippen LogP contribution in [0.3, 0.4) is 0 Å². The van der Waals surface area contributed by atoms with Crippen molar-refractivity contribution in [2.75, 3.05) is 25.5 Å². The van der Waals surface area contributed by atoms with Gasteiger partial charge in [-0.15, -0.1) is 0 Å². The first-order valence-corrected chi connectivity index (χ1v) is 12.5. The van der Waals surface area contributed by atoms with Crippen LogP contribution in [0.15, 0.2) is 97.3 Å². The van der Waals surface area contributed by atoms with Crippen molar-refractivity contribution in [2.24, 2.45) is 0 Å². The average Bonchev–Trinajstić information content (AvgIpc) is 2.96. The molecular weight excluding hydrogens is 476 g/mol. The average molecular weight is 509 g/mol. The smallest absolute Gasteiger partial charge is 0.251 e. The number of aryl methyl sites for hydroxylation is 1. The van der Waals surface area contributed by atoms with Crippen molar-refractivity contribution in [2.45, 2.75) is 19.4 Å². The number of carbonyl (C=O) groups excluding carboxylic acids is 2. The third-order valence-electron chi connectivity index (χ3n) is 6.15. The molecule has 38 heavy (non-hydrogen) atoms. The number of ether oxygens (including phenoxy) is 1. The molecule has 1 aromatic heterocycles. The topological polar surface area (TPSA) is 92.3 Å². The lowest BCUT2D eigenvalue weighted by molar-refractivity contribution is -0.122. The number of nitrogens with one attached hydrogen (secondary N) is 3. The van der Waals surface area contributed by atoms with Crippen molar-refractivity contribution in [1.82, 2.24) is 15.6 Å². The van der Waals surface area contributed by atoms with E-state index in [9.17, 15) is 9.59 Å². The van der Waals surface area contributed by atoms with Crippen molar-refractivity contribution >= 4 is 17.5 Å². The third-order valence-corrected chi connectivity index (χ3v) is 6.15. The SMILES string of the molecule is COc1ccc(NCCNC(=O)C(Cc2ccc(-c3ccncc3)cc2)NC(=O)c2cccc(C)c2)cc1. The number of nitrogens with zero attached hydrogens (tertiary/aromatic N) is 1. The molecule has 0 aliphatic rings. The first-order valence-electron chi connectivity index (χ1n) is 12.5. The van der Waals surface area contributed by atoms with Gasteiger partial charge in [-0.2, -0.15) is 0 Å². The second kappa shape index (κ2) is 13.1. The number of methoxy groups -OCH3 is 1. The molecule has 1 heterocycles. The number of pyridine rings is 1. The van der Waals surface area contributed by atoms with Gasteiger partial charge in [0, 0.05) is 43.2 Å². The van der Waals surface area contributed by atoms with E-state index in [1.54, 1.807) is 25.6 Å². The van der Waals surface area contributed by atoms with Gasteiger partial charge in [0.25, 0.3) is 5.91 Å². The minimum Gasteiger partial charge on any atom is -0.497 e. The highest BCUT2D eigenvalue weighted by Crippen LogP contribution is 2.19. The summed E-state index contributed by atoms with van der Waals surface area (Å²) < 4.78 is 5.18. The standard InChI is InChI=1S/C31H32N4O3/c1-22-4-3-5-26(20-22)30(36)35-29(21-23-6-8-24(9-7-23)25-14-16-32-17-15-25)31(37)34-19-18-33-27-10-12-28(38-2)13-11-27/h3-17,20,29,33H,18-19,21H2,1-2H3,(H,34,37)(H,35,36). The van der Waals surface area contributed by atoms with Gasteiger partial charge >= 0.3 is 0 Å². The Kier molecular flexibility index (Phi) is 9.07. The molecule has 1 unspecified atom stereocenters. The van der Waals surface area contributed by atoms with Gasteiger partial charge in [-0.25, -0.2) is 0 Å². The number of hydrogen-bond acceptors (Lipinski definition) is 5. The van der Waals surface area contributed by atoms with Gasteiger partial charge in [0.15, 0.2) is 0 Å². The predicted molar refractivity (Wildman–Crippen MR) is 150 cm³/mol. The van der Waals surface area contributed by atoms with E-state index in [-0.39, 0.29) is 11.8 Å². The summed E-state index contributed by atoms with van der Waals surface area (Å²) in [6, 6.07) is 26.1. The molecule has 7 nitrogen and oxygen atoms in total. The largest absolute Gasteiger partial charge is 0.497 e. The van der Waals surface area contributed by atoms with E-state index in [0.29, 0.717) is 25.1 Å². The van der Waals surface area contributed by atoms with Crippen molar-refractivity contribution in [3.05, 3.63) is 114 Å². The maximum atomic E-state index is 13.2. The molecule has 3 aromatic carbocycles. The van der Waals surface area contributed by atoms with Crippen LogP contribution >= 0.6 is 0 Å². The third kappa shape index (κ3) is 7.43. The maximum absolute atomic E-state index is 13.2. The Balaban J connectivity index is 1.40. The molecule has 0 aliphatic carbocycles. The van der Waals surface area contributed by atoms with Crippen molar-refractivity contribution in [3.8, 4) is 16.9 Å². The predicted octanol–water partition coefficient (Wildman–Crippen LogP) is 4.64. The summed E-state index contributed by atoms with van der Waals surface area (Å²) in [7, 11) is 1.63. The lowest BCUT2D eigenvalue weighted by atomic mass is 10.0. The Hall–Kier alpha value is -4.65. The molecule has 0 fully saturated rings. The lowest BCUT2D eigenvalue weighted by Gasteiger charge is -2.19. The molecule has 7 heteroatoms. The van der Waals surface area contributed by atoms with Crippen LogP contribution in [0.25, 0.3) is 11.1 Å². The molecular formula is C31H32N4O3. The van der Waals surface area contributed by atoms with Crippen molar-refractivity contribution in [1.29, 1.82) is 0 Å². The number of carbonyl (C=O) groups is 2. The Morgan fingerprint density at radius 3 is 2.26 bits per heavy atom. The number of anilines is 1. The number of rotatable bonds is 11. The normalized spacial score (nSPS) is 11.3. The first-order chi connectivity index (χ1) is 18.5. The summed E-state index contributed by atoms with van der Waals surface area (Å²) >= 11 is 0. The van der Waals surface area contributed by atoms with Gasteiger partial charge in [-0.3, -0.25) is 14.6 Å². The zero-order valence-corrected chi connectivity index (χ0v) is 21.6. The molecule has 0 bridgehead atoms. The zero-order chi connectivity index (χ0) is 26.7. The Morgan fingerprint density at radius 2 is 1.58 bits per heavy atom. The number of aromatic nitrogens is 1. The van der Waals surface area contributed by atoms with E-state index < -0.39 is 6.04 Å². The molecule has 1 atom stereocenters. The zero-order valence-electron chi connectivity index (χ0n) is 21.6. The summed E-state index contributed by atoms with van der Waals surface area (Å²) in [5.41, 5.74) is 5.51. The Labute approximate surface area is 223 Å². The van der Waals surface area contributed by atoms with Crippen LogP contribution in [-0.4, -0.2) is 43.0 Å². The van der Waals surface area contributed by atoms with E-state index in [1.165, 1.54) is 0 Å². The molecule has 0 saturated carbocycles. The quantitative estimate of drug-likeness (QED) is 0.257. The Morgan fingerprint density at radius 1 is 0.868 bits per heavy atom. The van der Waals surface area contributed by atoms with Gasteiger partial charge in [0.05, 0.1) is 7.11 Å². The van der Waals surface area contributed by atoms with Gasteiger partial charge in [0.2, 0.25) is 5.91 Å². The first kappa shape index (κ1) is 26.4. The fraction of sp³-hybridized carbons (Fsp3) is 0.194. The fourth-order valence-corrected chi connectivity index (χ4v) is 4.08. The van der Waals surface area contributed by atoms with E-state index >= 15 is 0 Å². The van der Waals surface area contributed by atoms with Crippen LogP contribution in [0.5, 0.6) is 5.75 Å². The van der Waals surface area contributed by atoms with Gasteiger partial charge < -0.3 is 20.7 Å². The van der Waals surface area contributed by atoms with Crippen LogP contribution in [0.4, 0.5) is 5.69 Å². The number of benzene rings is 3. The lowest BCUT2D eigenvalue weighted by Crippen LogP contribution is -2.48. The van der Waals surface area contributed by atoms with Gasteiger partial charge in [-0.1, -0.05) is 42.0 Å². The molecule has 0 aliphatic heterocycles. The monoisotopic (exact) mass is 508 g/mol. The van der Waals surface area contributed by atoms with Crippen LogP contribution in [0, 0.1) is 6.92 Å². The summed E-state index contributed by atoms with van der Waals surface area (Å²) in [5.74, 6) is 0.268. The van der Waals surface area contributed by atoms with Crippen LogP contribution in [0.2, 0.25) is 0 Å². The summed E-state index contributed by atoms with van der Waals surface area (Å²) in [5, 5.41) is 9.16. The molecule has 0 spiro atoms. The highest BCUT2D eigenvalue weighted by Gasteiger charge is 2.22. The Bertz CT molecular complexity index is 1340. The molecule has 0 radical (unpaired) electrons. The van der Waals surface area contributed by atoms with Gasteiger partial charge in [-0.05, 0) is 72.1 Å². The molecule has 3 N–H and O–H groups in total. The summed E-state index contributed by atoms with van der Waals surface area (Å²) in [6.45, 7) is 2.88. The second-order valence-corrected chi connectivity index (χ2v) is 8.98. The maximum Gasteiger partial charge on any atom is 0.251 e. The summed E-state index contributed by atoms with van der Waals surface area (Å²) in [4.78, 5) is 30.2. The van der Waals surface area contributed by atoms with E-state index in [2.05, 4.69) is 20.9 Å². The van der Waals surface area contributed by atoms with Crippen LogP contribution in [0.1, 0.15) is 21.5 Å². The minimum atomic E-state index is -0.726. The number of hydrogen-bond donors (Lipinski definition) is 3. The molecule has 194 valence electrons. The van der Waals surface area contributed by atoms with E-state index in [1.807, 2.05) is 85.8 Å². The molecule has 4 aromatic rings. The molecule has 2 amide bonds. The second-order valence-electron chi connectivity index (χ2n) is 8.98. The highest BCUT2D eigenvalue weighted by molar-refractivity contribution is 5.97. The van der Waals surface area contributed by atoms with Crippen molar-refractivity contribution in [3.63, 3.8) is 0 Å². The highest BCUT2D eigenvalue weighted by atomic mass is 16.5. The fourth-order valence-electron chi connectivity index (χ4n) is 4.08. The molecule has 4 rings (SSSR count). The molecule has 0 saturated heterocycles. The van der Waals surface area contributed by atoms with E-state index in [0.717, 1.165) is 33.7 Å². The summed E-state index contributed by atoms with van der Waals surface area (Å²) in [6.07, 6.45) is 3.88. The van der Waals surface area contributed by atoms with Crippen molar-refractivity contribution < 1.29 is 14.3 Å².